The van der Waals surface area contributed by atoms with E-state index in [1.54, 1.807) is 23.5 Å². The fourth-order valence-electron chi connectivity index (χ4n) is 1.98. The van der Waals surface area contributed by atoms with Gasteiger partial charge in [0.1, 0.15) is 10.8 Å². The number of halogens is 1. The lowest BCUT2D eigenvalue weighted by molar-refractivity contribution is 0.122. The number of hydrogen-bond acceptors (Lipinski definition) is 5. The highest BCUT2D eigenvalue weighted by molar-refractivity contribution is 7.15. The average Bonchev–Trinajstić information content (AvgIpc) is 2.91. The van der Waals surface area contributed by atoms with Crippen molar-refractivity contribution in [2.24, 2.45) is 0 Å². The van der Waals surface area contributed by atoms with Crippen LogP contribution in [0.15, 0.2) is 24.3 Å². The SMILES string of the molecule is Fc1ccc(Cc2nnc(N3CCOCC3)s2)cc1. The number of ether oxygens (including phenoxy) is 1. The summed E-state index contributed by atoms with van der Waals surface area (Å²) in [5.74, 6) is -0.213. The van der Waals surface area contributed by atoms with Gasteiger partial charge in [0.2, 0.25) is 5.13 Å². The Balaban J connectivity index is 1.68. The zero-order valence-electron chi connectivity index (χ0n) is 10.4. The molecule has 0 saturated carbocycles. The third-order valence-corrected chi connectivity index (χ3v) is 3.99. The van der Waals surface area contributed by atoms with Gasteiger partial charge in [-0.15, -0.1) is 10.2 Å². The Morgan fingerprint density at radius 1 is 1.16 bits per heavy atom. The molecular formula is C13H14FN3OS. The van der Waals surface area contributed by atoms with E-state index in [2.05, 4.69) is 15.1 Å². The zero-order valence-corrected chi connectivity index (χ0v) is 11.2. The van der Waals surface area contributed by atoms with Crippen molar-refractivity contribution in [2.45, 2.75) is 6.42 Å². The summed E-state index contributed by atoms with van der Waals surface area (Å²) in [6.45, 7) is 3.22. The summed E-state index contributed by atoms with van der Waals surface area (Å²) in [6.07, 6.45) is 0.697. The second-order valence-electron chi connectivity index (χ2n) is 4.38. The van der Waals surface area contributed by atoms with Gasteiger partial charge in [-0.25, -0.2) is 4.39 Å². The summed E-state index contributed by atoms with van der Waals surface area (Å²) in [5, 5.41) is 10.3. The van der Waals surface area contributed by atoms with Crippen LogP contribution < -0.4 is 4.90 Å². The van der Waals surface area contributed by atoms with Crippen molar-refractivity contribution >= 4 is 16.5 Å². The molecule has 2 aromatic rings. The first kappa shape index (κ1) is 12.5. The summed E-state index contributed by atoms with van der Waals surface area (Å²) in [5.41, 5.74) is 1.05. The molecule has 4 nitrogen and oxygen atoms in total. The maximum atomic E-state index is 12.8. The largest absolute Gasteiger partial charge is 0.378 e. The van der Waals surface area contributed by atoms with Crippen LogP contribution in [0.2, 0.25) is 0 Å². The number of morpholine rings is 1. The van der Waals surface area contributed by atoms with E-state index in [4.69, 9.17) is 4.74 Å². The minimum absolute atomic E-state index is 0.213. The third-order valence-electron chi connectivity index (χ3n) is 3.01. The number of aromatic nitrogens is 2. The highest BCUT2D eigenvalue weighted by Crippen LogP contribution is 2.23. The van der Waals surface area contributed by atoms with Gasteiger partial charge in [0, 0.05) is 19.5 Å². The van der Waals surface area contributed by atoms with Gasteiger partial charge < -0.3 is 9.64 Å². The highest BCUT2D eigenvalue weighted by Gasteiger charge is 2.15. The second-order valence-corrected chi connectivity index (χ2v) is 5.42. The molecule has 0 spiro atoms. The lowest BCUT2D eigenvalue weighted by atomic mass is 10.2. The van der Waals surface area contributed by atoms with Gasteiger partial charge in [-0.05, 0) is 17.7 Å². The Hall–Kier alpha value is -1.53. The molecule has 100 valence electrons. The van der Waals surface area contributed by atoms with Crippen molar-refractivity contribution in [3.63, 3.8) is 0 Å². The van der Waals surface area contributed by atoms with Gasteiger partial charge in [0.05, 0.1) is 13.2 Å². The quantitative estimate of drug-likeness (QED) is 0.862. The van der Waals surface area contributed by atoms with E-state index in [0.29, 0.717) is 6.42 Å². The van der Waals surface area contributed by atoms with Crippen molar-refractivity contribution in [1.82, 2.24) is 10.2 Å². The first-order chi connectivity index (χ1) is 9.31. The monoisotopic (exact) mass is 279 g/mol. The van der Waals surface area contributed by atoms with Crippen molar-refractivity contribution in [2.75, 3.05) is 31.2 Å². The van der Waals surface area contributed by atoms with E-state index in [-0.39, 0.29) is 5.82 Å². The first-order valence-electron chi connectivity index (χ1n) is 6.21. The Morgan fingerprint density at radius 2 is 1.89 bits per heavy atom. The van der Waals surface area contributed by atoms with Crippen LogP contribution in [-0.4, -0.2) is 36.5 Å². The Kier molecular flexibility index (Phi) is 3.70. The van der Waals surface area contributed by atoms with Crippen LogP contribution in [0.5, 0.6) is 0 Å². The Labute approximate surface area is 114 Å². The van der Waals surface area contributed by atoms with Gasteiger partial charge in [0.15, 0.2) is 0 Å². The van der Waals surface area contributed by atoms with Crippen LogP contribution in [0.3, 0.4) is 0 Å². The molecule has 0 bridgehead atoms. The van der Waals surface area contributed by atoms with Crippen molar-refractivity contribution in [3.8, 4) is 0 Å². The van der Waals surface area contributed by atoms with E-state index in [1.165, 1.54) is 12.1 Å². The average molecular weight is 279 g/mol. The summed E-state index contributed by atoms with van der Waals surface area (Å²) in [4.78, 5) is 2.19. The number of hydrogen-bond donors (Lipinski definition) is 0. The van der Waals surface area contributed by atoms with Gasteiger partial charge in [-0.1, -0.05) is 23.5 Å². The number of benzene rings is 1. The molecule has 0 N–H and O–H groups in total. The van der Waals surface area contributed by atoms with Crippen molar-refractivity contribution < 1.29 is 9.13 Å². The molecule has 1 aromatic heterocycles. The van der Waals surface area contributed by atoms with E-state index in [1.807, 2.05) is 0 Å². The van der Waals surface area contributed by atoms with Crippen molar-refractivity contribution in [1.29, 1.82) is 0 Å². The maximum absolute atomic E-state index is 12.8. The molecule has 19 heavy (non-hydrogen) atoms. The topological polar surface area (TPSA) is 38.2 Å². The van der Waals surface area contributed by atoms with E-state index in [9.17, 15) is 4.39 Å². The predicted octanol–water partition coefficient (Wildman–Crippen LogP) is 2.10. The molecule has 1 aliphatic rings. The first-order valence-corrected chi connectivity index (χ1v) is 7.02. The van der Waals surface area contributed by atoms with Gasteiger partial charge in [-0.2, -0.15) is 0 Å². The molecule has 1 fully saturated rings. The maximum Gasteiger partial charge on any atom is 0.208 e. The van der Waals surface area contributed by atoms with E-state index < -0.39 is 0 Å². The van der Waals surface area contributed by atoms with Gasteiger partial charge in [0.25, 0.3) is 0 Å². The Morgan fingerprint density at radius 3 is 2.63 bits per heavy atom. The zero-order chi connectivity index (χ0) is 13.1. The molecule has 6 heteroatoms. The minimum atomic E-state index is -0.213. The van der Waals surface area contributed by atoms with Gasteiger partial charge in [-0.3, -0.25) is 0 Å². The van der Waals surface area contributed by atoms with Crippen LogP contribution in [-0.2, 0) is 11.2 Å². The highest BCUT2D eigenvalue weighted by atomic mass is 32.1. The van der Waals surface area contributed by atoms with E-state index >= 15 is 0 Å². The molecule has 0 radical (unpaired) electrons. The molecule has 1 aromatic carbocycles. The minimum Gasteiger partial charge on any atom is -0.378 e. The van der Waals surface area contributed by atoms with Crippen LogP contribution >= 0.6 is 11.3 Å². The predicted molar refractivity (Wildman–Crippen MR) is 72.1 cm³/mol. The third kappa shape index (κ3) is 3.08. The van der Waals surface area contributed by atoms with E-state index in [0.717, 1.165) is 42.0 Å². The normalized spacial score (nSPS) is 15.7. The summed E-state index contributed by atoms with van der Waals surface area (Å²) in [6, 6.07) is 6.51. The van der Waals surface area contributed by atoms with Crippen LogP contribution in [0, 0.1) is 5.82 Å². The molecule has 0 unspecified atom stereocenters. The standard InChI is InChI=1S/C13H14FN3OS/c14-11-3-1-10(2-4-11)9-12-15-16-13(19-12)17-5-7-18-8-6-17/h1-4H,5-9H2. The fraction of sp³-hybridized carbons (Fsp3) is 0.385. The van der Waals surface area contributed by atoms with Gasteiger partial charge >= 0.3 is 0 Å². The molecule has 1 aliphatic heterocycles. The van der Waals surface area contributed by atoms with Crippen LogP contribution in [0.4, 0.5) is 9.52 Å². The Bertz CT molecular complexity index is 537. The number of rotatable bonds is 3. The smallest absolute Gasteiger partial charge is 0.208 e. The summed E-state index contributed by atoms with van der Waals surface area (Å²) in [7, 11) is 0. The molecule has 0 amide bonds. The number of nitrogens with zero attached hydrogens (tertiary/aromatic N) is 3. The van der Waals surface area contributed by atoms with Crippen LogP contribution in [0.25, 0.3) is 0 Å². The lowest BCUT2D eigenvalue weighted by Crippen LogP contribution is -2.36. The summed E-state index contributed by atoms with van der Waals surface area (Å²) < 4.78 is 18.1. The number of anilines is 1. The summed E-state index contributed by atoms with van der Waals surface area (Å²) >= 11 is 1.59. The molecular weight excluding hydrogens is 265 g/mol. The molecule has 2 heterocycles. The second kappa shape index (κ2) is 5.63. The molecule has 0 atom stereocenters. The lowest BCUT2D eigenvalue weighted by Gasteiger charge is -2.25. The molecule has 0 aliphatic carbocycles. The fourth-order valence-corrected chi connectivity index (χ4v) is 2.90. The van der Waals surface area contributed by atoms with Crippen molar-refractivity contribution in [3.05, 3.63) is 40.7 Å². The molecule has 1 saturated heterocycles. The molecule has 3 rings (SSSR count). The van der Waals surface area contributed by atoms with Crippen LogP contribution in [0.1, 0.15) is 10.6 Å².